The van der Waals surface area contributed by atoms with Crippen LogP contribution in [0.1, 0.15) is 36.5 Å². The minimum absolute atomic E-state index is 0.232. The number of primary amides is 1. The summed E-state index contributed by atoms with van der Waals surface area (Å²) in [5.41, 5.74) is 6.16. The van der Waals surface area contributed by atoms with Gasteiger partial charge in [-0.05, 0) is 73.5 Å². The highest BCUT2D eigenvalue weighted by atomic mass is 19.1. The molecule has 6 rings (SSSR count). The summed E-state index contributed by atoms with van der Waals surface area (Å²) in [6.07, 6.45) is 2.56. The van der Waals surface area contributed by atoms with Crippen molar-refractivity contribution in [1.29, 1.82) is 0 Å². The number of carbonyl (C=O) groups is 3. The number of aromatic nitrogens is 1. The molecule has 2 aliphatic rings. The van der Waals surface area contributed by atoms with Gasteiger partial charge in [-0.25, -0.2) is 4.39 Å². The van der Waals surface area contributed by atoms with Gasteiger partial charge >= 0.3 is 0 Å². The lowest BCUT2D eigenvalue weighted by Crippen LogP contribution is -2.42. The lowest BCUT2D eigenvalue weighted by molar-refractivity contribution is -0.133. The van der Waals surface area contributed by atoms with Gasteiger partial charge in [0.05, 0.1) is 11.1 Å². The average molecular weight is 541 g/mol. The van der Waals surface area contributed by atoms with Crippen LogP contribution in [0.4, 0.5) is 15.8 Å². The maximum atomic E-state index is 13.6. The molecular formula is C30H25FN4O5. The van der Waals surface area contributed by atoms with Crippen LogP contribution in [0.25, 0.3) is 10.9 Å². The first-order chi connectivity index (χ1) is 19.3. The van der Waals surface area contributed by atoms with E-state index in [2.05, 4.69) is 10.3 Å². The number of ether oxygens (including phenoxy) is 2. The molecule has 1 aromatic heterocycles. The molecule has 0 spiro atoms. The summed E-state index contributed by atoms with van der Waals surface area (Å²) < 4.78 is 25.6. The van der Waals surface area contributed by atoms with E-state index < -0.39 is 29.3 Å². The zero-order valence-corrected chi connectivity index (χ0v) is 21.5. The molecule has 0 saturated heterocycles. The lowest BCUT2D eigenvalue weighted by Gasteiger charge is -2.27. The molecule has 1 aliphatic carbocycles. The van der Waals surface area contributed by atoms with Gasteiger partial charge < -0.3 is 20.5 Å². The molecule has 3 amide bonds. The van der Waals surface area contributed by atoms with E-state index in [-0.39, 0.29) is 5.91 Å². The first-order valence-corrected chi connectivity index (χ1v) is 12.9. The Morgan fingerprint density at radius 2 is 1.77 bits per heavy atom. The minimum Gasteiger partial charge on any atom is -0.470 e. The van der Waals surface area contributed by atoms with Crippen LogP contribution in [-0.2, 0) is 9.59 Å². The summed E-state index contributed by atoms with van der Waals surface area (Å²) in [6.45, 7) is 1.92. The number of carbonyl (C=O) groups excluding carboxylic acids is 3. The molecule has 3 N–H and O–H groups in total. The molecule has 2 heterocycles. The van der Waals surface area contributed by atoms with Crippen LogP contribution in [0.3, 0.4) is 0 Å². The fourth-order valence-electron chi connectivity index (χ4n) is 4.77. The molecule has 4 aromatic rings. The van der Waals surface area contributed by atoms with Crippen molar-refractivity contribution < 1.29 is 28.2 Å². The predicted octanol–water partition coefficient (Wildman–Crippen LogP) is 4.95. The Morgan fingerprint density at radius 1 is 1.10 bits per heavy atom. The van der Waals surface area contributed by atoms with Crippen molar-refractivity contribution in [2.45, 2.75) is 32.4 Å². The smallest absolute Gasteiger partial charge is 0.257 e. The van der Waals surface area contributed by atoms with Gasteiger partial charge in [-0.3, -0.25) is 24.3 Å². The number of rotatable bonds is 7. The second kappa shape index (κ2) is 9.64. The number of amides is 3. The quantitative estimate of drug-likeness (QED) is 0.320. The van der Waals surface area contributed by atoms with Crippen molar-refractivity contribution >= 4 is 40.0 Å². The monoisotopic (exact) mass is 540 g/mol. The molecule has 9 nitrogen and oxygen atoms in total. The molecule has 0 radical (unpaired) electrons. The van der Waals surface area contributed by atoms with E-state index >= 15 is 0 Å². The molecule has 3 aromatic carbocycles. The van der Waals surface area contributed by atoms with E-state index in [0.717, 1.165) is 0 Å². The van der Waals surface area contributed by atoms with E-state index in [9.17, 15) is 18.8 Å². The third kappa shape index (κ3) is 4.37. The van der Waals surface area contributed by atoms with E-state index in [0.29, 0.717) is 64.4 Å². The summed E-state index contributed by atoms with van der Waals surface area (Å²) in [6, 6.07) is 17.2. The lowest BCUT2D eigenvalue weighted by atomic mass is 10.0. The van der Waals surface area contributed by atoms with E-state index in [1.54, 1.807) is 48.7 Å². The van der Waals surface area contributed by atoms with Crippen molar-refractivity contribution in [3.05, 3.63) is 84.3 Å². The minimum atomic E-state index is -1.27. The molecule has 1 unspecified atom stereocenters. The molecule has 10 heteroatoms. The highest BCUT2D eigenvalue weighted by Crippen LogP contribution is 2.49. The van der Waals surface area contributed by atoms with Crippen LogP contribution in [0.2, 0.25) is 0 Å². The average Bonchev–Trinajstić information content (AvgIpc) is 3.77. The Hall–Kier alpha value is -4.99. The number of fused-ring (bicyclic) bond motifs is 2. The Bertz CT molecular complexity index is 1650. The maximum absolute atomic E-state index is 13.6. The molecule has 40 heavy (non-hydrogen) atoms. The summed E-state index contributed by atoms with van der Waals surface area (Å²) in [5, 5.41) is 3.44. The van der Waals surface area contributed by atoms with Gasteiger partial charge in [0, 0.05) is 35.4 Å². The summed E-state index contributed by atoms with van der Waals surface area (Å²) in [5.74, 6) is -0.421. The van der Waals surface area contributed by atoms with Crippen LogP contribution < -0.4 is 25.4 Å². The SMILES string of the molecule is CCC1NC(=O)c2cc3c(Oc4ccc(N(C(=O)C5(C(N)=O)CC5)c5ccc(F)cc5)cc4)ccnc3cc2O1. The number of nitrogens with one attached hydrogen (secondary N) is 1. The number of hydrogen-bond acceptors (Lipinski definition) is 6. The third-order valence-corrected chi connectivity index (χ3v) is 7.22. The number of benzene rings is 3. The predicted molar refractivity (Wildman–Crippen MR) is 145 cm³/mol. The number of halogens is 1. The number of nitrogens with two attached hydrogens (primary N) is 1. The maximum Gasteiger partial charge on any atom is 0.257 e. The molecule has 0 bridgehead atoms. The fraction of sp³-hybridized carbons (Fsp3) is 0.200. The van der Waals surface area contributed by atoms with Gasteiger partial charge in [-0.1, -0.05) is 6.92 Å². The molecule has 1 saturated carbocycles. The van der Waals surface area contributed by atoms with Crippen LogP contribution >= 0.6 is 0 Å². The van der Waals surface area contributed by atoms with E-state index in [4.69, 9.17) is 15.2 Å². The Balaban J connectivity index is 1.32. The summed E-state index contributed by atoms with van der Waals surface area (Å²) in [4.78, 5) is 44.0. The fourth-order valence-corrected chi connectivity index (χ4v) is 4.77. The van der Waals surface area contributed by atoms with Gasteiger partial charge in [0.15, 0.2) is 6.23 Å². The Morgan fingerprint density at radius 3 is 2.40 bits per heavy atom. The van der Waals surface area contributed by atoms with Crippen LogP contribution in [-0.4, -0.2) is 28.9 Å². The molecular weight excluding hydrogens is 515 g/mol. The van der Waals surface area contributed by atoms with Crippen LogP contribution in [0, 0.1) is 11.2 Å². The third-order valence-electron chi connectivity index (χ3n) is 7.22. The number of hydrogen-bond donors (Lipinski definition) is 2. The van der Waals surface area contributed by atoms with Gasteiger partial charge in [0.1, 0.15) is 28.5 Å². The first kappa shape index (κ1) is 25.3. The molecule has 1 aliphatic heterocycles. The van der Waals surface area contributed by atoms with Crippen LogP contribution in [0.15, 0.2) is 72.9 Å². The van der Waals surface area contributed by atoms with Crippen LogP contribution in [0.5, 0.6) is 17.2 Å². The largest absolute Gasteiger partial charge is 0.470 e. The normalized spacial score (nSPS) is 16.9. The molecule has 1 fully saturated rings. The van der Waals surface area contributed by atoms with Gasteiger partial charge in [0.25, 0.3) is 5.91 Å². The van der Waals surface area contributed by atoms with Gasteiger partial charge in [-0.2, -0.15) is 0 Å². The Kier molecular flexibility index (Phi) is 6.10. The second-order valence-corrected chi connectivity index (χ2v) is 9.82. The number of nitrogens with zero attached hydrogens (tertiary/aromatic N) is 2. The second-order valence-electron chi connectivity index (χ2n) is 9.82. The van der Waals surface area contributed by atoms with Crippen molar-refractivity contribution in [2.75, 3.05) is 4.90 Å². The standard InChI is InChI=1S/C30H25FN4O5/c1-2-26-34-27(36)22-15-21-23(16-25(22)40-26)33-14-11-24(21)39-20-9-7-19(8-10-20)35(18-5-3-17(31)4-6-18)29(38)30(12-13-30)28(32)37/h3-11,14-16,26H,2,12-13H2,1H3,(H2,32,37)(H,34,36). The van der Waals surface area contributed by atoms with Gasteiger partial charge in [0.2, 0.25) is 11.8 Å². The zero-order valence-electron chi connectivity index (χ0n) is 21.5. The highest BCUT2D eigenvalue weighted by molar-refractivity contribution is 6.16. The Labute approximate surface area is 228 Å². The van der Waals surface area contributed by atoms with E-state index in [1.807, 2.05) is 6.92 Å². The number of pyridine rings is 1. The first-order valence-electron chi connectivity index (χ1n) is 12.9. The number of anilines is 2. The summed E-state index contributed by atoms with van der Waals surface area (Å²) in [7, 11) is 0. The topological polar surface area (TPSA) is 124 Å². The van der Waals surface area contributed by atoms with E-state index in [1.165, 1.54) is 29.2 Å². The van der Waals surface area contributed by atoms with Gasteiger partial charge in [-0.15, -0.1) is 0 Å². The zero-order chi connectivity index (χ0) is 28.0. The van der Waals surface area contributed by atoms with Crippen molar-refractivity contribution in [3.8, 4) is 17.2 Å². The van der Waals surface area contributed by atoms with Crippen molar-refractivity contribution in [2.24, 2.45) is 11.1 Å². The van der Waals surface area contributed by atoms with Crippen molar-refractivity contribution in [3.63, 3.8) is 0 Å². The summed E-state index contributed by atoms with van der Waals surface area (Å²) >= 11 is 0. The van der Waals surface area contributed by atoms with Crippen molar-refractivity contribution in [1.82, 2.24) is 10.3 Å². The molecule has 1 atom stereocenters. The molecule has 202 valence electrons. The highest BCUT2D eigenvalue weighted by Gasteiger charge is 2.57.